The first-order valence-electron chi connectivity index (χ1n) is 12.2. The van der Waals surface area contributed by atoms with Gasteiger partial charge in [-0.2, -0.15) is 0 Å². The summed E-state index contributed by atoms with van der Waals surface area (Å²) in [5.41, 5.74) is 2.78. The van der Waals surface area contributed by atoms with Gasteiger partial charge < -0.3 is 14.7 Å². The Morgan fingerprint density at radius 3 is 2.85 bits per heavy atom. The lowest BCUT2D eigenvalue weighted by Crippen LogP contribution is -2.43. The minimum Gasteiger partial charge on any atom is -0.497 e. The Morgan fingerprint density at radius 1 is 1.21 bits per heavy atom. The third-order valence-corrected chi connectivity index (χ3v) is 8.24. The van der Waals surface area contributed by atoms with Crippen LogP contribution in [-0.4, -0.2) is 54.1 Å². The summed E-state index contributed by atoms with van der Waals surface area (Å²) < 4.78 is 20.7. The molecule has 0 aliphatic carbocycles. The molecule has 0 amide bonds. The molecular weight excluding hydrogens is 447 g/mol. The number of hydrogen-bond acceptors (Lipinski definition) is 5. The van der Waals surface area contributed by atoms with Crippen molar-refractivity contribution in [3.05, 3.63) is 65.9 Å². The molecule has 34 heavy (non-hydrogen) atoms. The summed E-state index contributed by atoms with van der Waals surface area (Å²) in [4.78, 5) is 8.17. The second-order valence-corrected chi connectivity index (χ2v) is 10.4. The highest BCUT2D eigenvalue weighted by Gasteiger charge is 2.29. The quantitative estimate of drug-likeness (QED) is 0.356. The summed E-state index contributed by atoms with van der Waals surface area (Å²) in [6.07, 6.45) is 2.88. The van der Waals surface area contributed by atoms with E-state index in [0.29, 0.717) is 23.7 Å². The Labute approximate surface area is 206 Å². The average molecular weight is 483 g/mol. The van der Waals surface area contributed by atoms with Crippen LogP contribution in [0.15, 0.2) is 59.6 Å². The van der Waals surface area contributed by atoms with E-state index in [2.05, 4.69) is 41.1 Å². The van der Waals surface area contributed by atoms with E-state index in [4.69, 9.17) is 4.74 Å². The van der Waals surface area contributed by atoms with Crippen LogP contribution in [0.4, 0.5) is 4.39 Å². The number of aliphatic hydroxyl groups is 1. The van der Waals surface area contributed by atoms with E-state index >= 15 is 4.39 Å². The predicted octanol–water partition coefficient (Wildman–Crippen LogP) is 6.07. The largest absolute Gasteiger partial charge is 0.497 e. The first-order valence-corrected chi connectivity index (χ1v) is 13.2. The van der Waals surface area contributed by atoms with Gasteiger partial charge in [-0.3, -0.25) is 4.98 Å². The number of halogens is 1. The fourth-order valence-corrected chi connectivity index (χ4v) is 6.05. The second kappa shape index (κ2) is 12.0. The van der Waals surface area contributed by atoms with Crippen molar-refractivity contribution in [2.24, 2.45) is 11.8 Å². The van der Waals surface area contributed by atoms with Crippen LogP contribution in [0.2, 0.25) is 0 Å². The Morgan fingerprint density at radius 2 is 2.06 bits per heavy atom. The molecule has 4 rings (SSSR count). The Bertz CT molecular complexity index is 1080. The molecule has 0 spiro atoms. The number of thioether (sulfide) groups is 1. The predicted molar refractivity (Wildman–Crippen MR) is 138 cm³/mol. The van der Waals surface area contributed by atoms with Crippen molar-refractivity contribution in [3.63, 3.8) is 0 Å². The molecule has 3 atom stereocenters. The molecule has 2 heterocycles. The fourth-order valence-electron chi connectivity index (χ4n) is 5.01. The summed E-state index contributed by atoms with van der Waals surface area (Å²) in [7, 11) is 1.62. The molecule has 1 aliphatic rings. The number of pyridine rings is 1. The highest BCUT2D eigenvalue weighted by atomic mass is 32.2. The number of ether oxygens (including phenoxy) is 1. The number of nitrogens with zero attached hydrogens (tertiary/aromatic N) is 2. The van der Waals surface area contributed by atoms with Gasteiger partial charge in [-0.1, -0.05) is 18.2 Å². The lowest BCUT2D eigenvalue weighted by Gasteiger charge is -2.38. The molecule has 1 fully saturated rings. The van der Waals surface area contributed by atoms with Gasteiger partial charge in [0.15, 0.2) is 0 Å². The summed E-state index contributed by atoms with van der Waals surface area (Å²) >= 11 is 1.90. The molecule has 1 N–H and O–H groups in total. The van der Waals surface area contributed by atoms with Crippen LogP contribution in [-0.2, 0) is 0 Å². The molecule has 182 valence electrons. The van der Waals surface area contributed by atoms with Gasteiger partial charge in [-0.15, -0.1) is 11.8 Å². The van der Waals surface area contributed by atoms with Crippen LogP contribution in [0.5, 0.6) is 5.75 Å². The number of methoxy groups -OCH3 is 1. The van der Waals surface area contributed by atoms with E-state index in [1.807, 2.05) is 30.0 Å². The van der Waals surface area contributed by atoms with E-state index < -0.39 is 6.17 Å². The van der Waals surface area contributed by atoms with Crippen LogP contribution in [0.25, 0.3) is 10.9 Å². The van der Waals surface area contributed by atoms with E-state index in [-0.39, 0.29) is 12.5 Å². The number of rotatable bonds is 10. The van der Waals surface area contributed by atoms with Gasteiger partial charge in [-0.05, 0) is 86.0 Å². The van der Waals surface area contributed by atoms with Gasteiger partial charge in [0.1, 0.15) is 11.9 Å². The number of fused-ring (bicyclic) bond motifs is 1. The standard InChI is InChI=1S/C28H35FN2O2S/c1-20-5-3-4-6-28(20)34-16-15-31-14-12-21(22(18-31)19-32)7-9-26(29)24-11-13-30-27-10-8-23(33-2)17-25(24)27/h3-6,8,10-11,13,17,21-22,26,32H,7,9,12,14-16,18-19H2,1-2H3/t21-,22-,26+/m1/s1. The Kier molecular flexibility index (Phi) is 8.81. The van der Waals surface area contributed by atoms with Crippen molar-refractivity contribution in [3.8, 4) is 5.75 Å². The maximum Gasteiger partial charge on any atom is 0.126 e. The van der Waals surface area contributed by atoms with Crippen LogP contribution in [0.1, 0.15) is 36.6 Å². The molecule has 6 heteroatoms. The first-order chi connectivity index (χ1) is 16.6. The zero-order valence-corrected chi connectivity index (χ0v) is 20.9. The Hall–Kier alpha value is -2.15. The molecule has 3 aromatic rings. The van der Waals surface area contributed by atoms with Crippen molar-refractivity contribution in [1.82, 2.24) is 9.88 Å². The average Bonchev–Trinajstić information content (AvgIpc) is 2.88. The molecule has 0 saturated carbocycles. The number of likely N-dealkylation sites (tertiary alicyclic amines) is 1. The van der Waals surface area contributed by atoms with Gasteiger partial charge >= 0.3 is 0 Å². The number of aromatic nitrogens is 1. The van der Waals surface area contributed by atoms with Crippen LogP contribution < -0.4 is 4.74 Å². The smallest absolute Gasteiger partial charge is 0.126 e. The third kappa shape index (κ3) is 6.09. The summed E-state index contributed by atoms with van der Waals surface area (Å²) in [6.45, 7) is 5.24. The minimum atomic E-state index is -1.06. The van der Waals surface area contributed by atoms with Gasteiger partial charge in [0, 0.05) is 41.9 Å². The number of alkyl halides is 1. The van der Waals surface area contributed by atoms with Crippen molar-refractivity contribution in [1.29, 1.82) is 0 Å². The number of piperidine rings is 1. The van der Waals surface area contributed by atoms with Gasteiger partial charge in [0.25, 0.3) is 0 Å². The third-order valence-electron chi connectivity index (χ3n) is 7.08. The molecule has 4 nitrogen and oxygen atoms in total. The van der Waals surface area contributed by atoms with Gasteiger partial charge in [0.05, 0.1) is 12.6 Å². The molecule has 0 bridgehead atoms. The van der Waals surface area contributed by atoms with Crippen LogP contribution >= 0.6 is 11.8 Å². The molecule has 0 radical (unpaired) electrons. The molecular formula is C28H35FN2O2S. The van der Waals surface area contributed by atoms with Crippen molar-refractivity contribution in [2.75, 3.05) is 39.1 Å². The highest BCUT2D eigenvalue weighted by Crippen LogP contribution is 2.35. The summed E-state index contributed by atoms with van der Waals surface area (Å²) in [5.74, 6) is 2.31. The first kappa shape index (κ1) is 25.0. The van der Waals surface area contributed by atoms with E-state index in [1.54, 1.807) is 19.4 Å². The van der Waals surface area contributed by atoms with Crippen molar-refractivity contribution < 1.29 is 14.2 Å². The van der Waals surface area contributed by atoms with Crippen LogP contribution in [0.3, 0.4) is 0 Å². The number of aliphatic hydroxyl groups excluding tert-OH is 1. The zero-order chi connectivity index (χ0) is 23.9. The number of aryl methyl sites for hydroxylation is 1. The Balaban J connectivity index is 1.30. The van der Waals surface area contributed by atoms with Gasteiger partial charge in [-0.25, -0.2) is 4.39 Å². The second-order valence-electron chi connectivity index (χ2n) is 9.23. The zero-order valence-electron chi connectivity index (χ0n) is 20.1. The summed E-state index contributed by atoms with van der Waals surface area (Å²) in [5, 5.41) is 10.9. The van der Waals surface area contributed by atoms with E-state index in [0.717, 1.165) is 49.1 Å². The minimum absolute atomic E-state index is 0.165. The van der Waals surface area contributed by atoms with Gasteiger partial charge in [0.2, 0.25) is 0 Å². The van der Waals surface area contributed by atoms with E-state index in [9.17, 15) is 5.11 Å². The molecule has 2 aromatic carbocycles. The lowest BCUT2D eigenvalue weighted by molar-refractivity contribution is 0.0672. The van der Waals surface area contributed by atoms with Crippen molar-refractivity contribution in [2.45, 2.75) is 37.3 Å². The van der Waals surface area contributed by atoms with Crippen molar-refractivity contribution >= 4 is 22.7 Å². The lowest BCUT2D eigenvalue weighted by atomic mass is 9.81. The normalized spacial score (nSPS) is 19.9. The molecule has 0 unspecified atom stereocenters. The SMILES string of the molecule is COc1ccc2nccc([C@@H](F)CC[C@@H]3CCN(CCSc4ccccc4C)C[C@@H]3CO)c2c1. The molecule has 1 saturated heterocycles. The number of benzene rings is 2. The molecule has 1 aromatic heterocycles. The monoisotopic (exact) mass is 482 g/mol. The number of hydrogen-bond donors (Lipinski definition) is 1. The maximum absolute atomic E-state index is 15.4. The van der Waals surface area contributed by atoms with Crippen LogP contribution in [0, 0.1) is 18.8 Å². The highest BCUT2D eigenvalue weighted by molar-refractivity contribution is 7.99. The molecule has 1 aliphatic heterocycles. The van der Waals surface area contributed by atoms with E-state index in [1.165, 1.54) is 10.5 Å². The maximum atomic E-state index is 15.4. The summed E-state index contributed by atoms with van der Waals surface area (Å²) in [6, 6.07) is 15.9. The topological polar surface area (TPSA) is 45.6 Å². The fraction of sp³-hybridized carbons (Fsp3) is 0.464.